The van der Waals surface area contributed by atoms with Crippen LogP contribution in [0.25, 0.3) is 0 Å². The number of aliphatic hydroxyl groups excluding tert-OH is 1. The van der Waals surface area contributed by atoms with Crippen molar-refractivity contribution in [2.45, 2.75) is 25.5 Å². The second-order valence-electron chi connectivity index (χ2n) is 4.34. The summed E-state index contributed by atoms with van der Waals surface area (Å²) in [6, 6.07) is 0. The fourth-order valence-electron chi connectivity index (χ4n) is 1.47. The molecule has 0 spiro atoms. The molecule has 98 valence electrons. The SMILES string of the molecule is Cl.OC(CNCc1cnc[nH]1)COCC1CC1. The number of nitrogens with zero attached hydrogens (tertiary/aromatic N) is 1. The molecule has 1 aromatic rings. The zero-order chi connectivity index (χ0) is 11.2. The predicted octanol–water partition coefficient (Wildman–Crippen LogP) is 0.709. The summed E-state index contributed by atoms with van der Waals surface area (Å²) in [5, 5.41) is 12.7. The molecule has 0 aliphatic heterocycles. The van der Waals surface area contributed by atoms with Gasteiger partial charge in [-0.05, 0) is 18.8 Å². The van der Waals surface area contributed by atoms with Gasteiger partial charge < -0.3 is 20.1 Å². The van der Waals surface area contributed by atoms with Crippen LogP contribution in [0.3, 0.4) is 0 Å². The Bertz CT molecular complexity index is 291. The van der Waals surface area contributed by atoms with Crippen molar-refractivity contribution >= 4 is 12.4 Å². The van der Waals surface area contributed by atoms with E-state index in [9.17, 15) is 5.11 Å². The Morgan fingerprint density at radius 1 is 1.59 bits per heavy atom. The quantitative estimate of drug-likeness (QED) is 0.645. The summed E-state index contributed by atoms with van der Waals surface area (Å²) < 4.78 is 5.40. The van der Waals surface area contributed by atoms with Gasteiger partial charge >= 0.3 is 0 Å². The lowest BCUT2D eigenvalue weighted by Gasteiger charge is -2.11. The lowest BCUT2D eigenvalue weighted by Crippen LogP contribution is -2.30. The van der Waals surface area contributed by atoms with Crippen LogP contribution >= 0.6 is 12.4 Å². The molecule has 5 nitrogen and oxygen atoms in total. The summed E-state index contributed by atoms with van der Waals surface area (Å²) >= 11 is 0. The van der Waals surface area contributed by atoms with Crippen LogP contribution in [0.5, 0.6) is 0 Å². The summed E-state index contributed by atoms with van der Waals surface area (Å²) in [5.74, 6) is 0.755. The third-order valence-electron chi connectivity index (χ3n) is 2.61. The first-order chi connectivity index (χ1) is 7.84. The van der Waals surface area contributed by atoms with Crippen molar-refractivity contribution in [2.75, 3.05) is 19.8 Å². The zero-order valence-electron chi connectivity index (χ0n) is 9.76. The smallest absolute Gasteiger partial charge is 0.0922 e. The normalized spacial score (nSPS) is 16.5. The molecule has 1 atom stereocenters. The van der Waals surface area contributed by atoms with Gasteiger partial charge in [0.1, 0.15) is 0 Å². The van der Waals surface area contributed by atoms with E-state index in [-0.39, 0.29) is 12.4 Å². The van der Waals surface area contributed by atoms with Crippen LogP contribution in [0.15, 0.2) is 12.5 Å². The lowest BCUT2D eigenvalue weighted by atomic mass is 10.3. The van der Waals surface area contributed by atoms with Gasteiger partial charge in [-0.2, -0.15) is 0 Å². The van der Waals surface area contributed by atoms with E-state index < -0.39 is 6.10 Å². The van der Waals surface area contributed by atoms with E-state index in [1.54, 1.807) is 12.5 Å². The van der Waals surface area contributed by atoms with Crippen molar-refractivity contribution in [1.82, 2.24) is 15.3 Å². The number of H-pyrrole nitrogens is 1. The molecule has 1 saturated carbocycles. The highest BCUT2D eigenvalue weighted by molar-refractivity contribution is 5.85. The second-order valence-corrected chi connectivity index (χ2v) is 4.34. The van der Waals surface area contributed by atoms with Crippen molar-refractivity contribution in [1.29, 1.82) is 0 Å². The number of aromatic amines is 1. The van der Waals surface area contributed by atoms with Crippen molar-refractivity contribution in [3.05, 3.63) is 18.2 Å². The van der Waals surface area contributed by atoms with E-state index in [4.69, 9.17) is 4.74 Å². The van der Waals surface area contributed by atoms with E-state index >= 15 is 0 Å². The molecular weight excluding hydrogens is 242 g/mol. The monoisotopic (exact) mass is 261 g/mol. The molecule has 0 saturated heterocycles. The van der Waals surface area contributed by atoms with E-state index in [0.717, 1.165) is 18.2 Å². The highest BCUT2D eigenvalue weighted by Crippen LogP contribution is 2.28. The summed E-state index contributed by atoms with van der Waals surface area (Å²) in [6.45, 7) is 2.47. The summed E-state index contributed by atoms with van der Waals surface area (Å²) in [6.07, 6.45) is 5.55. The summed E-state index contributed by atoms with van der Waals surface area (Å²) in [7, 11) is 0. The molecule has 17 heavy (non-hydrogen) atoms. The Morgan fingerprint density at radius 3 is 3.06 bits per heavy atom. The van der Waals surface area contributed by atoms with Gasteiger partial charge in [-0.1, -0.05) is 0 Å². The molecule has 0 aromatic carbocycles. The van der Waals surface area contributed by atoms with Crippen LogP contribution in [0.1, 0.15) is 18.5 Å². The van der Waals surface area contributed by atoms with Gasteiger partial charge in [-0.15, -0.1) is 12.4 Å². The Morgan fingerprint density at radius 2 is 2.41 bits per heavy atom. The molecule has 1 fully saturated rings. The first kappa shape index (κ1) is 14.4. The van der Waals surface area contributed by atoms with E-state index in [1.807, 2.05) is 0 Å². The summed E-state index contributed by atoms with van der Waals surface area (Å²) in [5.41, 5.74) is 1.02. The number of halogens is 1. The minimum absolute atomic E-state index is 0. The number of aliphatic hydroxyl groups is 1. The fourth-order valence-corrected chi connectivity index (χ4v) is 1.47. The standard InChI is InChI=1S/C11H19N3O2.ClH/c15-11(7-16-6-9-1-2-9)5-12-3-10-4-13-8-14-10;/h4,8-9,11-12,15H,1-3,5-7H2,(H,13,14);1H. The first-order valence-electron chi connectivity index (χ1n) is 5.78. The number of hydrogen-bond donors (Lipinski definition) is 3. The number of imidazole rings is 1. The maximum atomic E-state index is 9.60. The number of ether oxygens (including phenoxy) is 1. The van der Waals surface area contributed by atoms with Crippen LogP contribution in [-0.4, -0.2) is 40.9 Å². The Labute approximate surface area is 107 Å². The fraction of sp³-hybridized carbons (Fsp3) is 0.727. The number of hydrogen-bond acceptors (Lipinski definition) is 4. The Kier molecular flexibility index (Phi) is 6.50. The van der Waals surface area contributed by atoms with Gasteiger partial charge in [0.25, 0.3) is 0 Å². The van der Waals surface area contributed by atoms with Crippen molar-refractivity contribution in [3.8, 4) is 0 Å². The number of nitrogens with one attached hydrogen (secondary N) is 2. The van der Waals surface area contributed by atoms with Gasteiger partial charge in [0.15, 0.2) is 0 Å². The average molecular weight is 262 g/mol. The molecule has 0 radical (unpaired) electrons. The van der Waals surface area contributed by atoms with Gasteiger partial charge in [-0.3, -0.25) is 0 Å². The van der Waals surface area contributed by atoms with Crippen LogP contribution in [-0.2, 0) is 11.3 Å². The third-order valence-corrected chi connectivity index (χ3v) is 2.61. The van der Waals surface area contributed by atoms with Crippen LogP contribution in [0.2, 0.25) is 0 Å². The molecule has 1 aromatic heterocycles. The first-order valence-corrected chi connectivity index (χ1v) is 5.78. The Balaban J connectivity index is 0.00000144. The lowest BCUT2D eigenvalue weighted by molar-refractivity contribution is 0.0324. The minimum Gasteiger partial charge on any atom is -0.389 e. The van der Waals surface area contributed by atoms with Gasteiger partial charge in [-0.25, -0.2) is 4.98 Å². The maximum absolute atomic E-state index is 9.60. The molecule has 6 heteroatoms. The maximum Gasteiger partial charge on any atom is 0.0922 e. The molecule has 3 N–H and O–H groups in total. The third kappa shape index (κ3) is 6.02. The molecular formula is C11H20ClN3O2. The molecule has 2 rings (SSSR count). The molecule has 0 bridgehead atoms. The summed E-state index contributed by atoms with van der Waals surface area (Å²) in [4.78, 5) is 6.90. The predicted molar refractivity (Wildman–Crippen MR) is 67.1 cm³/mol. The van der Waals surface area contributed by atoms with Crippen LogP contribution in [0, 0.1) is 5.92 Å². The zero-order valence-corrected chi connectivity index (χ0v) is 10.6. The van der Waals surface area contributed by atoms with Crippen molar-refractivity contribution < 1.29 is 9.84 Å². The largest absolute Gasteiger partial charge is 0.389 e. The minimum atomic E-state index is -0.429. The molecule has 0 amide bonds. The molecule has 1 aliphatic rings. The van der Waals surface area contributed by atoms with E-state index in [2.05, 4.69) is 15.3 Å². The average Bonchev–Trinajstić information content (AvgIpc) is 2.94. The van der Waals surface area contributed by atoms with Crippen molar-refractivity contribution in [3.63, 3.8) is 0 Å². The van der Waals surface area contributed by atoms with Gasteiger partial charge in [0.2, 0.25) is 0 Å². The van der Waals surface area contributed by atoms with Crippen LogP contribution < -0.4 is 5.32 Å². The topological polar surface area (TPSA) is 70.2 Å². The van der Waals surface area contributed by atoms with Crippen LogP contribution in [0.4, 0.5) is 0 Å². The van der Waals surface area contributed by atoms with Gasteiger partial charge in [0.05, 0.1) is 19.0 Å². The van der Waals surface area contributed by atoms with E-state index in [0.29, 0.717) is 19.7 Å². The molecule has 1 unspecified atom stereocenters. The van der Waals surface area contributed by atoms with E-state index in [1.165, 1.54) is 12.8 Å². The van der Waals surface area contributed by atoms with Gasteiger partial charge in [0, 0.05) is 31.6 Å². The Hall–Kier alpha value is -0.620. The second kappa shape index (κ2) is 7.66. The number of rotatable bonds is 8. The molecule has 1 heterocycles. The molecule has 1 aliphatic carbocycles. The van der Waals surface area contributed by atoms with Crippen molar-refractivity contribution in [2.24, 2.45) is 5.92 Å². The highest BCUT2D eigenvalue weighted by Gasteiger charge is 2.21. The number of aromatic nitrogens is 2. The highest BCUT2D eigenvalue weighted by atomic mass is 35.5.